The third-order valence-electron chi connectivity index (χ3n) is 5.47. The highest BCUT2D eigenvalue weighted by molar-refractivity contribution is 5.75. The second kappa shape index (κ2) is 7.69. The van der Waals surface area contributed by atoms with Crippen molar-refractivity contribution in [2.75, 3.05) is 0 Å². The van der Waals surface area contributed by atoms with Gasteiger partial charge in [-0.3, -0.25) is 4.79 Å². The number of aliphatic carboxylic acids is 1. The highest BCUT2D eigenvalue weighted by Gasteiger charge is 2.31. The summed E-state index contributed by atoms with van der Waals surface area (Å²) in [6.45, 7) is 0. The Morgan fingerprint density at radius 3 is 2.29 bits per heavy atom. The fourth-order valence-corrected chi connectivity index (χ4v) is 4.11. The lowest BCUT2D eigenvalue weighted by molar-refractivity contribution is -0.142. The summed E-state index contributed by atoms with van der Waals surface area (Å²) in [7, 11) is 0. The number of nitrogens with one attached hydrogen (secondary N) is 2. The molecule has 2 atom stereocenters. The van der Waals surface area contributed by atoms with E-state index < -0.39 is 5.97 Å². The van der Waals surface area contributed by atoms with Crippen LogP contribution in [-0.4, -0.2) is 29.2 Å². The number of rotatable bonds is 4. The number of carboxylic acid groups (broad SMARTS) is 1. The molecule has 2 aliphatic carbocycles. The maximum atomic E-state index is 12.3. The summed E-state index contributed by atoms with van der Waals surface area (Å²) in [6.07, 6.45) is 6.05. The molecule has 3 N–H and O–H groups in total. The van der Waals surface area contributed by atoms with E-state index in [1.807, 2.05) is 18.2 Å². The van der Waals surface area contributed by atoms with Crippen LogP contribution >= 0.6 is 0 Å². The molecular weight excluding hydrogens is 304 g/mol. The first-order valence-electron chi connectivity index (χ1n) is 8.98. The summed E-state index contributed by atoms with van der Waals surface area (Å²) in [5.41, 5.74) is 1.29. The van der Waals surface area contributed by atoms with E-state index in [0.717, 1.165) is 32.1 Å². The SMILES string of the molecule is O=C(NC1CCC(C(=O)O)CC1)NC1CCCC1c1ccccc1. The van der Waals surface area contributed by atoms with Gasteiger partial charge < -0.3 is 15.7 Å². The zero-order chi connectivity index (χ0) is 16.9. The fourth-order valence-electron chi connectivity index (χ4n) is 4.11. The van der Waals surface area contributed by atoms with Crippen molar-refractivity contribution in [3.05, 3.63) is 35.9 Å². The molecule has 2 unspecified atom stereocenters. The fraction of sp³-hybridized carbons (Fsp3) is 0.579. The number of carboxylic acids is 1. The highest BCUT2D eigenvalue weighted by atomic mass is 16.4. The first-order chi connectivity index (χ1) is 11.6. The minimum atomic E-state index is -0.713. The van der Waals surface area contributed by atoms with Gasteiger partial charge in [0, 0.05) is 18.0 Å². The van der Waals surface area contributed by atoms with Crippen LogP contribution in [0.25, 0.3) is 0 Å². The van der Waals surface area contributed by atoms with Gasteiger partial charge in [-0.2, -0.15) is 0 Å². The maximum Gasteiger partial charge on any atom is 0.315 e. The van der Waals surface area contributed by atoms with Crippen LogP contribution in [0.15, 0.2) is 30.3 Å². The molecule has 1 aromatic carbocycles. The lowest BCUT2D eigenvalue weighted by Crippen LogP contribution is -2.48. The zero-order valence-electron chi connectivity index (χ0n) is 13.9. The van der Waals surface area contributed by atoms with E-state index in [0.29, 0.717) is 18.8 Å². The number of carbonyl (C=O) groups excluding carboxylic acids is 1. The number of urea groups is 1. The van der Waals surface area contributed by atoms with Crippen LogP contribution in [0.4, 0.5) is 4.79 Å². The van der Waals surface area contributed by atoms with E-state index in [9.17, 15) is 9.59 Å². The quantitative estimate of drug-likeness (QED) is 0.793. The van der Waals surface area contributed by atoms with Crippen LogP contribution in [0.2, 0.25) is 0 Å². The largest absolute Gasteiger partial charge is 0.481 e. The van der Waals surface area contributed by atoms with Gasteiger partial charge in [0.05, 0.1) is 5.92 Å². The van der Waals surface area contributed by atoms with Gasteiger partial charge in [0.1, 0.15) is 0 Å². The summed E-state index contributed by atoms with van der Waals surface area (Å²) >= 11 is 0. The molecule has 24 heavy (non-hydrogen) atoms. The number of benzene rings is 1. The second-order valence-electron chi connectivity index (χ2n) is 7.06. The average molecular weight is 330 g/mol. The number of carbonyl (C=O) groups is 2. The Labute approximate surface area is 142 Å². The van der Waals surface area contributed by atoms with E-state index in [1.165, 1.54) is 5.56 Å². The molecule has 0 aliphatic heterocycles. The Hall–Kier alpha value is -2.04. The van der Waals surface area contributed by atoms with Crippen molar-refractivity contribution < 1.29 is 14.7 Å². The lowest BCUT2D eigenvalue weighted by Gasteiger charge is -2.28. The zero-order valence-corrected chi connectivity index (χ0v) is 13.9. The van der Waals surface area contributed by atoms with E-state index in [1.54, 1.807) is 0 Å². The molecule has 2 fully saturated rings. The van der Waals surface area contributed by atoms with Crippen molar-refractivity contribution in [2.24, 2.45) is 5.92 Å². The van der Waals surface area contributed by atoms with Crippen LogP contribution in [0.1, 0.15) is 56.4 Å². The van der Waals surface area contributed by atoms with Crippen molar-refractivity contribution in [1.29, 1.82) is 0 Å². The van der Waals surface area contributed by atoms with Crippen molar-refractivity contribution in [1.82, 2.24) is 10.6 Å². The Balaban J connectivity index is 1.49. The number of hydrogen-bond donors (Lipinski definition) is 3. The van der Waals surface area contributed by atoms with E-state index >= 15 is 0 Å². The summed E-state index contributed by atoms with van der Waals surface area (Å²) in [6, 6.07) is 10.5. The highest BCUT2D eigenvalue weighted by Crippen LogP contribution is 2.34. The molecule has 2 amide bonds. The molecule has 5 nitrogen and oxygen atoms in total. The van der Waals surface area contributed by atoms with Crippen LogP contribution in [0.5, 0.6) is 0 Å². The molecule has 0 spiro atoms. The molecule has 0 radical (unpaired) electrons. The van der Waals surface area contributed by atoms with Crippen LogP contribution in [0, 0.1) is 5.92 Å². The second-order valence-corrected chi connectivity index (χ2v) is 7.06. The van der Waals surface area contributed by atoms with Crippen LogP contribution in [-0.2, 0) is 4.79 Å². The van der Waals surface area contributed by atoms with E-state index in [4.69, 9.17) is 5.11 Å². The first-order valence-corrected chi connectivity index (χ1v) is 8.98. The predicted octanol–water partition coefficient (Wildman–Crippen LogP) is 3.27. The van der Waals surface area contributed by atoms with Crippen molar-refractivity contribution >= 4 is 12.0 Å². The molecular formula is C19H26N2O3. The third-order valence-corrected chi connectivity index (χ3v) is 5.47. The van der Waals surface area contributed by atoms with Crippen LogP contribution in [0.3, 0.4) is 0 Å². The van der Waals surface area contributed by atoms with Gasteiger partial charge in [0.15, 0.2) is 0 Å². The Morgan fingerprint density at radius 1 is 0.917 bits per heavy atom. The normalized spacial score (nSPS) is 29.8. The average Bonchev–Trinajstić information content (AvgIpc) is 3.04. The van der Waals surface area contributed by atoms with E-state index in [2.05, 4.69) is 22.8 Å². The Kier molecular flexibility index (Phi) is 5.38. The smallest absolute Gasteiger partial charge is 0.315 e. The summed E-state index contributed by atoms with van der Waals surface area (Å²) in [5, 5.41) is 15.2. The van der Waals surface area contributed by atoms with Crippen molar-refractivity contribution in [3.63, 3.8) is 0 Å². The standard InChI is InChI=1S/C19H26N2O3/c22-18(23)14-9-11-15(12-10-14)20-19(24)21-17-8-4-7-16(17)13-5-2-1-3-6-13/h1-3,5-6,14-17H,4,7-12H2,(H,22,23)(H2,20,21,24). The topological polar surface area (TPSA) is 78.4 Å². The molecule has 2 saturated carbocycles. The molecule has 5 heteroatoms. The van der Waals surface area contributed by atoms with Gasteiger partial charge in [-0.1, -0.05) is 36.8 Å². The molecule has 0 bridgehead atoms. The Bertz CT molecular complexity index is 567. The molecule has 0 heterocycles. The van der Waals surface area contributed by atoms with Gasteiger partial charge in [-0.05, 0) is 44.1 Å². The minimum absolute atomic E-state index is 0.0946. The van der Waals surface area contributed by atoms with Crippen LogP contribution < -0.4 is 10.6 Å². The van der Waals surface area contributed by atoms with Crippen molar-refractivity contribution in [2.45, 2.75) is 62.9 Å². The van der Waals surface area contributed by atoms with E-state index in [-0.39, 0.29) is 24.0 Å². The first kappa shape index (κ1) is 16.8. The molecule has 130 valence electrons. The minimum Gasteiger partial charge on any atom is -0.481 e. The van der Waals surface area contributed by atoms with Gasteiger partial charge in [-0.15, -0.1) is 0 Å². The third kappa shape index (κ3) is 4.08. The molecule has 0 aromatic heterocycles. The number of amides is 2. The lowest BCUT2D eigenvalue weighted by atomic mass is 9.86. The van der Waals surface area contributed by atoms with Gasteiger partial charge in [0.25, 0.3) is 0 Å². The predicted molar refractivity (Wildman–Crippen MR) is 91.9 cm³/mol. The van der Waals surface area contributed by atoms with Gasteiger partial charge in [0.2, 0.25) is 0 Å². The monoisotopic (exact) mass is 330 g/mol. The molecule has 1 aromatic rings. The molecule has 3 rings (SSSR count). The van der Waals surface area contributed by atoms with Gasteiger partial charge in [-0.25, -0.2) is 4.79 Å². The van der Waals surface area contributed by atoms with Crippen molar-refractivity contribution in [3.8, 4) is 0 Å². The number of hydrogen-bond acceptors (Lipinski definition) is 2. The summed E-state index contributed by atoms with van der Waals surface area (Å²) in [4.78, 5) is 23.3. The maximum absolute atomic E-state index is 12.3. The molecule has 2 aliphatic rings. The Morgan fingerprint density at radius 2 is 1.62 bits per heavy atom. The summed E-state index contributed by atoms with van der Waals surface area (Å²) < 4.78 is 0. The van der Waals surface area contributed by atoms with Gasteiger partial charge >= 0.3 is 12.0 Å². The molecule has 0 saturated heterocycles. The summed E-state index contributed by atoms with van der Waals surface area (Å²) in [5.74, 6) is -0.572.